The van der Waals surface area contributed by atoms with Crippen molar-refractivity contribution >= 4 is 0 Å². The molecule has 0 fully saturated rings. The van der Waals surface area contributed by atoms with Crippen LogP contribution in [0.4, 0.5) is 0 Å². The summed E-state index contributed by atoms with van der Waals surface area (Å²) in [5.41, 5.74) is 1.93. The van der Waals surface area contributed by atoms with Crippen LogP contribution in [-0.2, 0) is 0 Å². The van der Waals surface area contributed by atoms with E-state index in [1.54, 1.807) is 0 Å². The number of aryl methyl sites for hydroxylation is 1. The molecule has 1 aromatic rings. The topological polar surface area (TPSA) is 23.5 Å². The Morgan fingerprint density at radius 3 is 2.00 bits per heavy atom. The zero-order valence-electron chi connectivity index (χ0n) is 10.3. The van der Waals surface area contributed by atoms with E-state index in [1.165, 1.54) is 5.56 Å². The Morgan fingerprint density at radius 2 is 1.60 bits per heavy atom. The van der Waals surface area contributed by atoms with E-state index in [0.29, 0.717) is 0 Å². The SMILES string of the molecule is Cc1ccc(C(O)C(C)(C)N(C)C)cc1. The first-order valence-electron chi connectivity index (χ1n) is 5.27. The van der Waals surface area contributed by atoms with Gasteiger partial charge in [-0.05, 0) is 40.4 Å². The van der Waals surface area contributed by atoms with Gasteiger partial charge in [-0.3, -0.25) is 0 Å². The van der Waals surface area contributed by atoms with Crippen molar-refractivity contribution in [2.24, 2.45) is 0 Å². The molecule has 0 aliphatic rings. The van der Waals surface area contributed by atoms with E-state index < -0.39 is 6.10 Å². The molecule has 0 aliphatic carbocycles. The highest BCUT2D eigenvalue weighted by molar-refractivity contribution is 5.25. The van der Waals surface area contributed by atoms with E-state index in [-0.39, 0.29) is 5.54 Å². The van der Waals surface area contributed by atoms with Crippen LogP contribution in [0, 0.1) is 6.92 Å². The van der Waals surface area contributed by atoms with Crippen LogP contribution in [0.5, 0.6) is 0 Å². The fourth-order valence-electron chi connectivity index (χ4n) is 1.40. The monoisotopic (exact) mass is 207 g/mol. The molecular formula is C13H21NO. The van der Waals surface area contributed by atoms with Crippen LogP contribution in [0.3, 0.4) is 0 Å². The molecule has 1 atom stereocenters. The van der Waals surface area contributed by atoms with Crippen molar-refractivity contribution in [1.82, 2.24) is 4.90 Å². The highest BCUT2D eigenvalue weighted by Crippen LogP contribution is 2.29. The van der Waals surface area contributed by atoms with E-state index in [2.05, 4.69) is 0 Å². The van der Waals surface area contributed by atoms with Gasteiger partial charge in [0.15, 0.2) is 0 Å². The van der Waals surface area contributed by atoms with Gasteiger partial charge in [-0.1, -0.05) is 29.8 Å². The zero-order chi connectivity index (χ0) is 11.6. The number of benzene rings is 1. The third-order valence-corrected chi connectivity index (χ3v) is 3.21. The fourth-order valence-corrected chi connectivity index (χ4v) is 1.40. The molecule has 84 valence electrons. The molecule has 0 spiro atoms. The molecule has 1 N–H and O–H groups in total. The minimum Gasteiger partial charge on any atom is -0.386 e. The van der Waals surface area contributed by atoms with Gasteiger partial charge in [0.05, 0.1) is 6.10 Å². The van der Waals surface area contributed by atoms with Crippen LogP contribution < -0.4 is 0 Å². The summed E-state index contributed by atoms with van der Waals surface area (Å²) in [6.07, 6.45) is -0.465. The number of hydrogen-bond acceptors (Lipinski definition) is 2. The first kappa shape index (κ1) is 12.2. The van der Waals surface area contributed by atoms with E-state index in [0.717, 1.165) is 5.56 Å². The molecule has 2 nitrogen and oxygen atoms in total. The summed E-state index contributed by atoms with van der Waals surface area (Å²) < 4.78 is 0. The quantitative estimate of drug-likeness (QED) is 0.822. The van der Waals surface area contributed by atoms with Crippen LogP contribution >= 0.6 is 0 Å². The lowest BCUT2D eigenvalue weighted by molar-refractivity contribution is 0.0164. The number of likely N-dealkylation sites (N-methyl/N-ethyl adjacent to an activating group) is 1. The van der Waals surface area contributed by atoms with Gasteiger partial charge in [0, 0.05) is 5.54 Å². The predicted molar refractivity (Wildman–Crippen MR) is 63.9 cm³/mol. The maximum absolute atomic E-state index is 10.3. The van der Waals surface area contributed by atoms with Crippen molar-refractivity contribution in [3.05, 3.63) is 35.4 Å². The molecule has 0 saturated heterocycles. The lowest BCUT2D eigenvalue weighted by Crippen LogP contribution is -2.43. The number of rotatable bonds is 3. The van der Waals surface area contributed by atoms with Crippen LogP contribution in [0.25, 0.3) is 0 Å². The second kappa shape index (κ2) is 4.33. The number of nitrogens with zero attached hydrogens (tertiary/aromatic N) is 1. The predicted octanol–water partition coefficient (Wildman–Crippen LogP) is 2.37. The molecule has 0 heterocycles. The highest BCUT2D eigenvalue weighted by Gasteiger charge is 2.30. The summed E-state index contributed by atoms with van der Waals surface area (Å²) in [6, 6.07) is 8.05. The minimum atomic E-state index is -0.465. The van der Waals surface area contributed by atoms with E-state index in [9.17, 15) is 5.11 Å². The van der Waals surface area contributed by atoms with Gasteiger partial charge < -0.3 is 10.0 Å². The van der Waals surface area contributed by atoms with Crippen molar-refractivity contribution in [3.63, 3.8) is 0 Å². The van der Waals surface area contributed by atoms with Crippen molar-refractivity contribution in [1.29, 1.82) is 0 Å². The van der Waals surface area contributed by atoms with Gasteiger partial charge >= 0.3 is 0 Å². The van der Waals surface area contributed by atoms with E-state index in [4.69, 9.17) is 0 Å². The smallest absolute Gasteiger partial charge is 0.0967 e. The van der Waals surface area contributed by atoms with Gasteiger partial charge in [-0.2, -0.15) is 0 Å². The molecule has 0 aromatic heterocycles. The normalized spacial score (nSPS) is 14.3. The third kappa shape index (κ3) is 2.58. The molecule has 15 heavy (non-hydrogen) atoms. The Kier molecular flexibility index (Phi) is 3.53. The van der Waals surface area contributed by atoms with Crippen molar-refractivity contribution in [3.8, 4) is 0 Å². The van der Waals surface area contributed by atoms with E-state index in [1.807, 2.05) is 64.0 Å². The fraction of sp³-hybridized carbons (Fsp3) is 0.538. The van der Waals surface area contributed by atoms with Gasteiger partial charge in [0.2, 0.25) is 0 Å². The summed E-state index contributed by atoms with van der Waals surface area (Å²) >= 11 is 0. The van der Waals surface area contributed by atoms with Crippen LogP contribution in [0.15, 0.2) is 24.3 Å². The number of aliphatic hydroxyl groups is 1. The average molecular weight is 207 g/mol. The lowest BCUT2D eigenvalue weighted by atomic mass is 9.90. The molecule has 0 saturated carbocycles. The van der Waals surface area contributed by atoms with Gasteiger partial charge in [0.1, 0.15) is 0 Å². The second-order valence-corrected chi connectivity index (χ2v) is 4.86. The maximum atomic E-state index is 10.3. The molecule has 0 radical (unpaired) electrons. The molecule has 0 bridgehead atoms. The Hall–Kier alpha value is -0.860. The molecule has 1 rings (SSSR count). The Balaban J connectivity index is 2.94. The van der Waals surface area contributed by atoms with Crippen LogP contribution in [0.2, 0.25) is 0 Å². The van der Waals surface area contributed by atoms with Crippen LogP contribution in [-0.4, -0.2) is 29.6 Å². The van der Waals surface area contributed by atoms with Gasteiger partial charge in [0.25, 0.3) is 0 Å². The lowest BCUT2D eigenvalue weighted by Gasteiger charge is -2.37. The Labute approximate surface area is 92.5 Å². The van der Waals surface area contributed by atoms with Crippen molar-refractivity contribution < 1.29 is 5.11 Å². The molecule has 2 heteroatoms. The summed E-state index contributed by atoms with van der Waals surface area (Å²) in [5.74, 6) is 0. The molecule has 1 aromatic carbocycles. The van der Waals surface area contributed by atoms with Crippen LogP contribution in [0.1, 0.15) is 31.1 Å². The van der Waals surface area contributed by atoms with E-state index >= 15 is 0 Å². The summed E-state index contributed by atoms with van der Waals surface area (Å²) in [4.78, 5) is 2.04. The maximum Gasteiger partial charge on any atom is 0.0967 e. The van der Waals surface area contributed by atoms with Crippen molar-refractivity contribution in [2.45, 2.75) is 32.4 Å². The van der Waals surface area contributed by atoms with Gasteiger partial charge in [-0.25, -0.2) is 0 Å². The average Bonchev–Trinajstić information content (AvgIpc) is 2.17. The highest BCUT2D eigenvalue weighted by atomic mass is 16.3. The Morgan fingerprint density at radius 1 is 1.13 bits per heavy atom. The van der Waals surface area contributed by atoms with Gasteiger partial charge in [-0.15, -0.1) is 0 Å². The molecule has 0 aliphatic heterocycles. The Bertz CT molecular complexity index is 314. The molecule has 1 unspecified atom stereocenters. The molecule has 0 amide bonds. The molecular weight excluding hydrogens is 186 g/mol. The van der Waals surface area contributed by atoms with Crippen molar-refractivity contribution in [2.75, 3.05) is 14.1 Å². The standard InChI is InChI=1S/C13H21NO/c1-10-6-8-11(9-7-10)12(15)13(2,3)14(4)5/h6-9,12,15H,1-5H3. The summed E-state index contributed by atoms with van der Waals surface area (Å²) in [7, 11) is 3.97. The summed E-state index contributed by atoms with van der Waals surface area (Å²) in [6.45, 7) is 6.13. The number of hydrogen-bond donors (Lipinski definition) is 1. The largest absolute Gasteiger partial charge is 0.386 e. The summed E-state index contributed by atoms with van der Waals surface area (Å²) in [5, 5.41) is 10.3. The minimum absolute atomic E-state index is 0.255. The second-order valence-electron chi connectivity index (χ2n) is 4.86. The number of aliphatic hydroxyl groups excluding tert-OH is 1. The zero-order valence-corrected chi connectivity index (χ0v) is 10.3. The first-order valence-corrected chi connectivity index (χ1v) is 5.27. The third-order valence-electron chi connectivity index (χ3n) is 3.21. The first-order chi connectivity index (χ1) is 6.85.